The molecule has 9 heteroatoms. The van der Waals surface area contributed by atoms with Crippen LogP contribution in [0.1, 0.15) is 41.9 Å². The van der Waals surface area contributed by atoms with Crippen LogP contribution in [0.2, 0.25) is 0 Å². The maximum absolute atomic E-state index is 13.9. The first-order valence-corrected chi connectivity index (χ1v) is 15.4. The van der Waals surface area contributed by atoms with Crippen molar-refractivity contribution >= 4 is 46.4 Å². The predicted molar refractivity (Wildman–Crippen MR) is 177 cm³/mol. The topological polar surface area (TPSA) is 123 Å². The molecule has 0 aliphatic carbocycles. The Bertz CT molecular complexity index is 1290. The Hall–Kier alpha value is -3.70. The van der Waals surface area contributed by atoms with E-state index in [9.17, 15) is 9.59 Å². The standard InChI is InChI=1S/C33H39IN6O2/c34-27-16-13-24(14-17-27)15-18-31(41)38-22-28-19-21-40(32(42)30(39-28)12-7-20-37-33(35)36)23-29(25-8-3-1-4-9-25)26-10-5-2-6-11-26/h1-6,8-11,13-18,28-30,39H,7,12,19-23H2,(H,38,41)(H4,35,36,37)/b18-15+/t28-,30-/m0/s1. The van der Waals surface area contributed by atoms with Crippen LogP contribution in [0.4, 0.5) is 0 Å². The molecule has 3 aromatic rings. The van der Waals surface area contributed by atoms with Crippen LogP contribution in [0.3, 0.4) is 0 Å². The van der Waals surface area contributed by atoms with Crippen molar-refractivity contribution in [2.75, 3.05) is 26.2 Å². The van der Waals surface area contributed by atoms with Crippen molar-refractivity contribution in [3.63, 3.8) is 0 Å². The van der Waals surface area contributed by atoms with E-state index >= 15 is 0 Å². The molecule has 42 heavy (non-hydrogen) atoms. The van der Waals surface area contributed by atoms with Gasteiger partial charge in [0.05, 0.1) is 6.04 Å². The van der Waals surface area contributed by atoms with Gasteiger partial charge in [-0.3, -0.25) is 15.0 Å². The molecule has 0 bridgehead atoms. The van der Waals surface area contributed by atoms with Crippen molar-refractivity contribution in [3.05, 3.63) is 111 Å². The molecule has 1 saturated heterocycles. The van der Waals surface area contributed by atoms with E-state index in [1.54, 1.807) is 12.2 Å². The first-order chi connectivity index (χ1) is 20.4. The average Bonchev–Trinajstić information content (AvgIpc) is 3.15. The Labute approximate surface area is 261 Å². The Morgan fingerprint density at radius 3 is 2.29 bits per heavy atom. The molecule has 8 nitrogen and oxygen atoms in total. The molecule has 0 saturated carbocycles. The highest BCUT2D eigenvalue weighted by Gasteiger charge is 2.32. The summed E-state index contributed by atoms with van der Waals surface area (Å²) in [5.41, 5.74) is 8.74. The number of carbonyl (C=O) groups is 2. The van der Waals surface area contributed by atoms with Gasteiger partial charge >= 0.3 is 0 Å². The van der Waals surface area contributed by atoms with Gasteiger partial charge in [0.2, 0.25) is 11.8 Å². The number of hydrogen-bond donors (Lipinski definition) is 5. The van der Waals surface area contributed by atoms with E-state index in [2.05, 4.69) is 62.8 Å². The minimum absolute atomic E-state index is 0.0408. The highest BCUT2D eigenvalue weighted by atomic mass is 127. The summed E-state index contributed by atoms with van der Waals surface area (Å²) in [5, 5.41) is 16.8. The smallest absolute Gasteiger partial charge is 0.244 e. The molecule has 1 aliphatic heterocycles. The Kier molecular flexibility index (Phi) is 12.0. The number of nitrogens with zero attached hydrogens (tertiary/aromatic N) is 1. The van der Waals surface area contributed by atoms with Gasteiger partial charge in [-0.25, -0.2) is 0 Å². The fourth-order valence-corrected chi connectivity index (χ4v) is 5.54. The van der Waals surface area contributed by atoms with Gasteiger partial charge < -0.3 is 26.6 Å². The third-order valence-electron chi connectivity index (χ3n) is 7.41. The summed E-state index contributed by atoms with van der Waals surface area (Å²) in [6.45, 7) is 2.08. The maximum atomic E-state index is 13.9. The SMILES string of the molecule is N=C(N)NCCC[C@@H]1N[C@H](CNC(=O)/C=C/c2ccc(I)cc2)CCN(CC(c2ccccc2)c2ccccc2)C1=O. The van der Waals surface area contributed by atoms with Crippen LogP contribution in [-0.2, 0) is 9.59 Å². The quantitative estimate of drug-likeness (QED) is 0.0650. The van der Waals surface area contributed by atoms with Crippen LogP contribution >= 0.6 is 22.6 Å². The van der Waals surface area contributed by atoms with Gasteiger partial charge in [-0.2, -0.15) is 0 Å². The molecule has 0 radical (unpaired) electrons. The summed E-state index contributed by atoms with van der Waals surface area (Å²) in [6, 6.07) is 28.1. The zero-order chi connectivity index (χ0) is 29.7. The van der Waals surface area contributed by atoms with Crippen LogP contribution in [0.5, 0.6) is 0 Å². The zero-order valence-electron chi connectivity index (χ0n) is 23.6. The number of carbonyl (C=O) groups excluding carboxylic acids is 2. The van der Waals surface area contributed by atoms with Crippen LogP contribution in [-0.4, -0.2) is 60.9 Å². The van der Waals surface area contributed by atoms with Gasteiger partial charge in [0.25, 0.3) is 0 Å². The van der Waals surface area contributed by atoms with Crippen molar-refractivity contribution in [2.24, 2.45) is 5.73 Å². The molecule has 0 unspecified atom stereocenters. The molecule has 2 atom stereocenters. The molecule has 1 heterocycles. The van der Waals surface area contributed by atoms with Crippen LogP contribution < -0.4 is 21.7 Å². The van der Waals surface area contributed by atoms with Crippen molar-refractivity contribution in [1.82, 2.24) is 20.9 Å². The van der Waals surface area contributed by atoms with Gasteiger partial charge in [-0.1, -0.05) is 72.8 Å². The van der Waals surface area contributed by atoms with E-state index in [1.165, 1.54) is 11.1 Å². The largest absolute Gasteiger partial charge is 0.370 e. The summed E-state index contributed by atoms with van der Waals surface area (Å²) in [4.78, 5) is 28.5. The molecule has 1 aliphatic rings. The van der Waals surface area contributed by atoms with Crippen molar-refractivity contribution in [2.45, 2.75) is 37.3 Å². The maximum Gasteiger partial charge on any atom is 0.244 e. The number of rotatable bonds is 12. The van der Waals surface area contributed by atoms with E-state index in [4.69, 9.17) is 11.1 Å². The predicted octanol–water partition coefficient (Wildman–Crippen LogP) is 4.08. The number of hydrogen-bond acceptors (Lipinski definition) is 4. The van der Waals surface area contributed by atoms with E-state index in [-0.39, 0.29) is 29.7 Å². The lowest BCUT2D eigenvalue weighted by molar-refractivity contribution is -0.133. The minimum Gasteiger partial charge on any atom is -0.370 e. The number of nitrogens with two attached hydrogens (primary N) is 1. The summed E-state index contributed by atoms with van der Waals surface area (Å²) in [6.07, 6.45) is 5.33. The highest BCUT2D eigenvalue weighted by Crippen LogP contribution is 2.27. The third-order valence-corrected chi connectivity index (χ3v) is 8.13. The van der Waals surface area contributed by atoms with E-state index < -0.39 is 6.04 Å². The van der Waals surface area contributed by atoms with Gasteiger partial charge in [0.15, 0.2) is 5.96 Å². The summed E-state index contributed by atoms with van der Waals surface area (Å²) in [5.74, 6) is -0.149. The summed E-state index contributed by atoms with van der Waals surface area (Å²) in [7, 11) is 0. The van der Waals surface area contributed by atoms with Crippen LogP contribution in [0.25, 0.3) is 6.08 Å². The number of amides is 2. The lowest BCUT2D eigenvalue weighted by Crippen LogP contribution is -2.49. The molecule has 1 fully saturated rings. The first-order valence-electron chi connectivity index (χ1n) is 14.3. The van der Waals surface area contributed by atoms with E-state index in [0.29, 0.717) is 45.4 Å². The number of guanidine groups is 1. The Morgan fingerprint density at radius 1 is 1.02 bits per heavy atom. The molecule has 6 N–H and O–H groups in total. The second-order valence-electron chi connectivity index (χ2n) is 10.5. The minimum atomic E-state index is -0.405. The fourth-order valence-electron chi connectivity index (χ4n) is 5.18. The highest BCUT2D eigenvalue weighted by molar-refractivity contribution is 14.1. The number of nitrogens with one attached hydrogen (secondary N) is 4. The zero-order valence-corrected chi connectivity index (χ0v) is 25.8. The first kappa shape index (κ1) is 31.2. The van der Waals surface area contributed by atoms with E-state index in [0.717, 1.165) is 9.13 Å². The fraction of sp³-hybridized carbons (Fsp3) is 0.303. The summed E-state index contributed by atoms with van der Waals surface area (Å²) >= 11 is 2.25. The Balaban J connectivity index is 1.45. The Morgan fingerprint density at radius 2 is 1.67 bits per heavy atom. The van der Waals surface area contributed by atoms with Crippen molar-refractivity contribution < 1.29 is 9.59 Å². The van der Waals surface area contributed by atoms with Crippen molar-refractivity contribution in [1.29, 1.82) is 5.41 Å². The van der Waals surface area contributed by atoms with Crippen molar-refractivity contribution in [3.8, 4) is 0 Å². The van der Waals surface area contributed by atoms with Gasteiger partial charge in [-0.05, 0) is 76.8 Å². The monoisotopic (exact) mass is 678 g/mol. The van der Waals surface area contributed by atoms with E-state index in [1.807, 2.05) is 65.6 Å². The molecule has 0 aromatic heterocycles. The number of benzene rings is 3. The second kappa shape index (κ2) is 16.1. The molecule has 3 aromatic carbocycles. The molecule has 4 rings (SSSR count). The molecule has 220 valence electrons. The molecular weight excluding hydrogens is 639 g/mol. The molecular formula is C33H39IN6O2. The normalized spacial score (nSPS) is 17.3. The van der Waals surface area contributed by atoms with Gasteiger partial charge in [-0.15, -0.1) is 0 Å². The van der Waals surface area contributed by atoms with Gasteiger partial charge in [0, 0.05) is 47.8 Å². The van der Waals surface area contributed by atoms with Crippen LogP contribution in [0, 0.1) is 8.98 Å². The molecule has 0 spiro atoms. The lowest BCUT2D eigenvalue weighted by Gasteiger charge is -2.29. The van der Waals surface area contributed by atoms with Crippen LogP contribution in [0.15, 0.2) is 91.0 Å². The number of halogens is 1. The second-order valence-corrected chi connectivity index (χ2v) is 11.7. The average molecular weight is 679 g/mol. The molecule has 2 amide bonds. The third kappa shape index (κ3) is 9.70. The summed E-state index contributed by atoms with van der Waals surface area (Å²) < 4.78 is 1.14. The lowest BCUT2D eigenvalue weighted by atomic mass is 9.90. The van der Waals surface area contributed by atoms with Gasteiger partial charge in [0.1, 0.15) is 0 Å².